The number of nitrogens with one attached hydrogen (secondary N) is 3. The summed E-state index contributed by atoms with van der Waals surface area (Å²) in [6, 6.07) is 12.7. The van der Waals surface area contributed by atoms with Crippen LogP contribution in [-0.4, -0.2) is 30.5 Å². The highest BCUT2D eigenvalue weighted by Gasteiger charge is 2.13. The van der Waals surface area contributed by atoms with Gasteiger partial charge in [-0.05, 0) is 49.5 Å². The summed E-state index contributed by atoms with van der Waals surface area (Å²) >= 11 is 4.36. The Morgan fingerprint density at radius 2 is 1.63 bits per heavy atom. The third kappa shape index (κ3) is 4.67. The lowest BCUT2D eigenvalue weighted by Crippen LogP contribution is -2.18. The Morgan fingerprint density at radius 3 is 2.30 bits per heavy atom. The second-order valence-corrected chi connectivity index (χ2v) is 7.84. The van der Waals surface area contributed by atoms with E-state index in [0.717, 1.165) is 5.69 Å². The molecule has 0 fully saturated rings. The van der Waals surface area contributed by atoms with Crippen LogP contribution < -0.4 is 15.4 Å². The fourth-order valence-electron chi connectivity index (χ4n) is 2.22. The van der Waals surface area contributed by atoms with Crippen molar-refractivity contribution in [2.75, 3.05) is 17.7 Å². The minimum Gasteiger partial charge on any atom is -0.508 e. The van der Waals surface area contributed by atoms with Gasteiger partial charge < -0.3 is 15.7 Å². The molecule has 0 saturated carbocycles. The summed E-state index contributed by atoms with van der Waals surface area (Å²) in [5, 5.41) is 15.5. The second kappa shape index (κ2) is 7.82. The van der Waals surface area contributed by atoms with Gasteiger partial charge in [0.05, 0.1) is 10.6 Å². The predicted molar refractivity (Wildman–Crippen MR) is 107 cm³/mol. The Bertz CT molecular complexity index is 1060. The van der Waals surface area contributed by atoms with Crippen LogP contribution in [0.1, 0.15) is 0 Å². The number of thiol groups is 1. The van der Waals surface area contributed by atoms with Crippen molar-refractivity contribution in [1.82, 2.24) is 14.7 Å². The summed E-state index contributed by atoms with van der Waals surface area (Å²) in [6.07, 6.45) is 1.37. The number of anilines is 4. The normalized spacial score (nSPS) is 11.2. The molecule has 0 atom stereocenters. The maximum Gasteiger partial charge on any atom is 0.240 e. The van der Waals surface area contributed by atoms with Gasteiger partial charge in [0, 0.05) is 16.6 Å². The van der Waals surface area contributed by atoms with Gasteiger partial charge in [-0.3, -0.25) is 0 Å². The lowest BCUT2D eigenvalue weighted by Gasteiger charge is -2.12. The molecule has 27 heavy (non-hydrogen) atoms. The molecule has 10 heteroatoms. The minimum atomic E-state index is -3.57. The largest absolute Gasteiger partial charge is 0.508 e. The van der Waals surface area contributed by atoms with Gasteiger partial charge in [-0.15, -0.1) is 12.6 Å². The van der Waals surface area contributed by atoms with E-state index in [-0.39, 0.29) is 10.6 Å². The van der Waals surface area contributed by atoms with Crippen molar-refractivity contribution in [2.24, 2.45) is 0 Å². The molecular formula is C17H17N5O3S2. The highest BCUT2D eigenvalue weighted by atomic mass is 32.2. The number of phenols is 1. The Labute approximate surface area is 162 Å². The third-order valence-electron chi connectivity index (χ3n) is 3.62. The van der Waals surface area contributed by atoms with Gasteiger partial charge in [-0.25, -0.2) is 23.1 Å². The number of rotatable bonds is 6. The summed E-state index contributed by atoms with van der Waals surface area (Å²) in [7, 11) is -2.22. The van der Waals surface area contributed by atoms with Crippen molar-refractivity contribution >= 4 is 45.7 Å². The van der Waals surface area contributed by atoms with Gasteiger partial charge in [0.15, 0.2) is 0 Å². The molecule has 0 aliphatic carbocycles. The first-order valence-electron chi connectivity index (χ1n) is 7.79. The molecule has 1 heterocycles. The van der Waals surface area contributed by atoms with Gasteiger partial charge >= 0.3 is 0 Å². The summed E-state index contributed by atoms with van der Waals surface area (Å²) in [4.78, 5) is 8.96. The number of aromatic hydroxyl groups is 1. The van der Waals surface area contributed by atoms with Crippen molar-refractivity contribution in [3.05, 3.63) is 54.9 Å². The topological polar surface area (TPSA) is 116 Å². The molecule has 4 N–H and O–H groups in total. The van der Waals surface area contributed by atoms with E-state index >= 15 is 0 Å². The van der Waals surface area contributed by atoms with Gasteiger partial charge in [0.1, 0.15) is 23.7 Å². The van der Waals surface area contributed by atoms with Crippen LogP contribution in [0.15, 0.2) is 64.6 Å². The molecule has 0 aliphatic rings. The Morgan fingerprint density at radius 1 is 0.963 bits per heavy atom. The van der Waals surface area contributed by atoms with Crippen molar-refractivity contribution < 1.29 is 13.5 Å². The summed E-state index contributed by atoms with van der Waals surface area (Å²) in [5.74, 6) is 1.15. The molecule has 0 aliphatic heterocycles. The van der Waals surface area contributed by atoms with Crippen molar-refractivity contribution in [3.8, 4) is 5.75 Å². The standard InChI is InChI=1S/C17H17N5O3S2/c1-18-27(24,25)13-6-7-15(26)14(8-13)22-17-9-16(19-10-20-17)21-11-2-4-12(23)5-3-11/h2-10,18,23,26H,1H3,(H2,19,20,21,22). The Hall–Kier alpha value is -2.82. The first kappa shape index (κ1) is 19.0. The minimum absolute atomic E-state index is 0.113. The van der Waals surface area contributed by atoms with Gasteiger partial charge in [0.2, 0.25) is 10.0 Å². The van der Waals surface area contributed by atoms with Crippen LogP contribution in [0.25, 0.3) is 0 Å². The molecule has 140 valence electrons. The molecule has 0 radical (unpaired) electrons. The average molecular weight is 403 g/mol. The van der Waals surface area contributed by atoms with Crippen LogP contribution in [0.4, 0.5) is 23.0 Å². The summed E-state index contributed by atoms with van der Waals surface area (Å²) in [5.41, 5.74) is 1.23. The number of hydrogen-bond donors (Lipinski definition) is 5. The number of phenolic OH excluding ortho intramolecular Hbond substituents is 1. The highest BCUT2D eigenvalue weighted by Crippen LogP contribution is 2.27. The van der Waals surface area contributed by atoms with E-state index in [2.05, 4.69) is 38.0 Å². The van der Waals surface area contributed by atoms with E-state index in [1.54, 1.807) is 36.4 Å². The van der Waals surface area contributed by atoms with Gasteiger partial charge in [-0.1, -0.05) is 0 Å². The monoisotopic (exact) mass is 403 g/mol. The maximum absolute atomic E-state index is 12.0. The van der Waals surface area contributed by atoms with Crippen LogP contribution in [0, 0.1) is 0 Å². The van der Waals surface area contributed by atoms with Crippen LogP contribution >= 0.6 is 12.6 Å². The van der Waals surface area contributed by atoms with Crippen LogP contribution in [0.5, 0.6) is 5.75 Å². The molecule has 2 aromatic carbocycles. The van der Waals surface area contributed by atoms with E-state index in [9.17, 15) is 13.5 Å². The maximum atomic E-state index is 12.0. The number of hydrogen-bond acceptors (Lipinski definition) is 8. The Kier molecular flexibility index (Phi) is 5.49. The summed E-state index contributed by atoms with van der Waals surface area (Å²) in [6.45, 7) is 0. The number of benzene rings is 2. The molecule has 0 bridgehead atoms. The zero-order valence-corrected chi connectivity index (χ0v) is 15.9. The Balaban J connectivity index is 1.84. The SMILES string of the molecule is CNS(=O)(=O)c1ccc(S)c(Nc2cc(Nc3ccc(O)cc3)ncn2)c1. The predicted octanol–water partition coefficient (Wildman–Crippen LogP) is 2.87. The molecule has 3 rings (SSSR count). The van der Waals surface area contributed by atoms with E-state index < -0.39 is 10.0 Å². The van der Waals surface area contributed by atoms with Crippen molar-refractivity contribution in [1.29, 1.82) is 0 Å². The van der Waals surface area contributed by atoms with E-state index in [1.807, 2.05) is 0 Å². The van der Waals surface area contributed by atoms with E-state index in [1.165, 1.54) is 25.5 Å². The molecule has 8 nitrogen and oxygen atoms in total. The van der Waals surface area contributed by atoms with Gasteiger partial charge in [-0.2, -0.15) is 0 Å². The van der Waals surface area contributed by atoms with E-state index in [0.29, 0.717) is 22.2 Å². The lowest BCUT2D eigenvalue weighted by atomic mass is 10.3. The van der Waals surface area contributed by atoms with Crippen LogP contribution in [0.3, 0.4) is 0 Å². The molecule has 0 spiro atoms. The number of aromatic nitrogens is 2. The van der Waals surface area contributed by atoms with Gasteiger partial charge in [0.25, 0.3) is 0 Å². The van der Waals surface area contributed by atoms with Crippen molar-refractivity contribution in [3.63, 3.8) is 0 Å². The van der Waals surface area contributed by atoms with Crippen molar-refractivity contribution in [2.45, 2.75) is 9.79 Å². The number of sulfonamides is 1. The zero-order valence-electron chi connectivity index (χ0n) is 14.2. The lowest BCUT2D eigenvalue weighted by molar-refractivity contribution is 0.475. The zero-order chi connectivity index (χ0) is 19.4. The summed E-state index contributed by atoms with van der Waals surface area (Å²) < 4.78 is 26.2. The molecule has 3 aromatic rings. The van der Waals surface area contributed by atoms with Crippen LogP contribution in [-0.2, 0) is 10.0 Å². The average Bonchev–Trinajstić information content (AvgIpc) is 2.65. The molecular weight excluding hydrogens is 386 g/mol. The first-order valence-corrected chi connectivity index (χ1v) is 9.72. The fraction of sp³-hybridized carbons (Fsp3) is 0.0588. The molecule has 0 saturated heterocycles. The third-order valence-corrected chi connectivity index (χ3v) is 5.42. The van der Waals surface area contributed by atoms with E-state index in [4.69, 9.17) is 0 Å². The second-order valence-electron chi connectivity index (χ2n) is 5.47. The molecule has 0 amide bonds. The van der Waals surface area contributed by atoms with Crippen LogP contribution in [0.2, 0.25) is 0 Å². The quantitative estimate of drug-likeness (QED) is 0.317. The first-order chi connectivity index (χ1) is 12.9. The highest BCUT2D eigenvalue weighted by molar-refractivity contribution is 7.89. The number of nitrogens with zero attached hydrogens (tertiary/aromatic N) is 2. The molecule has 1 aromatic heterocycles. The molecule has 0 unspecified atom stereocenters. The smallest absolute Gasteiger partial charge is 0.240 e. The fourth-order valence-corrected chi connectivity index (χ4v) is 3.18.